The fourth-order valence-corrected chi connectivity index (χ4v) is 1.17. The zero-order valence-electron chi connectivity index (χ0n) is 9.86. The Kier molecular flexibility index (Phi) is 7.09. The fourth-order valence-electron chi connectivity index (χ4n) is 1.17. The van der Waals surface area contributed by atoms with Crippen molar-refractivity contribution in [1.82, 2.24) is 0 Å². The van der Waals surface area contributed by atoms with Gasteiger partial charge in [-0.1, -0.05) is 0 Å². The molecule has 0 bridgehead atoms. The third-order valence-electron chi connectivity index (χ3n) is 1.88. The Morgan fingerprint density at radius 3 is 2.65 bits per heavy atom. The van der Waals surface area contributed by atoms with E-state index in [1.54, 1.807) is 25.1 Å². The lowest BCUT2D eigenvalue weighted by Gasteiger charge is -2.09. The van der Waals surface area contributed by atoms with E-state index < -0.39 is 5.97 Å². The van der Waals surface area contributed by atoms with Gasteiger partial charge in [-0.25, -0.2) is 4.79 Å². The van der Waals surface area contributed by atoms with Gasteiger partial charge in [0.15, 0.2) is 18.1 Å². The molecule has 5 nitrogen and oxygen atoms in total. The highest BCUT2D eigenvalue weighted by Gasteiger charge is 2.08. The van der Waals surface area contributed by atoms with E-state index in [1.807, 2.05) is 0 Å². The topological polar surface area (TPSA) is 72.4 Å². The molecule has 96 valence electrons. The van der Waals surface area contributed by atoms with Crippen LogP contribution in [-0.4, -0.2) is 26.3 Å². The second kappa shape index (κ2) is 7.76. The molecular formula is C11H16ClNO4. The maximum Gasteiger partial charge on any atom is 0.344 e. The summed E-state index contributed by atoms with van der Waals surface area (Å²) in [5.41, 5.74) is 4.59. The molecule has 0 aliphatic heterocycles. The first-order chi connectivity index (χ1) is 7.67. The van der Waals surface area contributed by atoms with Gasteiger partial charge < -0.3 is 32.4 Å². The summed E-state index contributed by atoms with van der Waals surface area (Å²) in [6, 6.07) is 5.23. The lowest BCUT2D eigenvalue weighted by atomic mass is 10.3. The van der Waals surface area contributed by atoms with E-state index in [9.17, 15) is 4.79 Å². The standard InChI is InChI=1S/C11H15NO4.ClH/c1-3-15-11(13)7-16-9-5-4-8(12)6-10(9)14-2;/h4-6H,3,7,12H2,1-2H3;1H. The number of esters is 1. The van der Waals surface area contributed by atoms with Crippen LogP contribution >= 0.6 is 0 Å². The molecule has 0 saturated carbocycles. The summed E-state index contributed by atoms with van der Waals surface area (Å²) in [5, 5.41) is 0. The van der Waals surface area contributed by atoms with Crippen LogP contribution in [0.25, 0.3) is 0 Å². The Balaban J connectivity index is 0.00000256. The zero-order valence-corrected chi connectivity index (χ0v) is 10.6. The van der Waals surface area contributed by atoms with Gasteiger partial charge in [0.1, 0.15) is 5.69 Å². The van der Waals surface area contributed by atoms with Crippen molar-refractivity contribution in [3.05, 3.63) is 18.2 Å². The van der Waals surface area contributed by atoms with Gasteiger partial charge in [-0.3, -0.25) is 0 Å². The van der Waals surface area contributed by atoms with E-state index in [4.69, 9.17) is 14.2 Å². The smallest absolute Gasteiger partial charge is 0.344 e. The summed E-state index contributed by atoms with van der Waals surface area (Å²) in [5.74, 6) is 0.656. The molecule has 0 aliphatic carbocycles. The third-order valence-corrected chi connectivity index (χ3v) is 1.88. The minimum atomic E-state index is -0.400. The average molecular weight is 262 g/mol. The molecule has 0 amide bonds. The van der Waals surface area contributed by atoms with Crippen molar-refractivity contribution in [3.8, 4) is 11.5 Å². The lowest BCUT2D eigenvalue weighted by molar-refractivity contribution is -0.254. The van der Waals surface area contributed by atoms with E-state index in [0.717, 1.165) is 5.69 Å². The van der Waals surface area contributed by atoms with Crippen molar-refractivity contribution < 1.29 is 37.1 Å². The van der Waals surface area contributed by atoms with Crippen LogP contribution < -0.4 is 27.6 Å². The molecule has 0 aromatic heterocycles. The van der Waals surface area contributed by atoms with Gasteiger partial charge >= 0.3 is 5.97 Å². The summed E-state index contributed by atoms with van der Waals surface area (Å²) in [7, 11) is 1.53. The summed E-state index contributed by atoms with van der Waals surface area (Å²) < 4.78 is 15.1. The average Bonchev–Trinajstić information content (AvgIpc) is 2.27. The van der Waals surface area contributed by atoms with Crippen LogP contribution in [0.2, 0.25) is 0 Å². The van der Waals surface area contributed by atoms with Crippen LogP contribution in [0, 0.1) is 0 Å². The molecule has 0 atom stereocenters. The first kappa shape index (κ1) is 15.5. The molecule has 17 heavy (non-hydrogen) atoms. The second-order valence-electron chi connectivity index (χ2n) is 3.08. The maximum atomic E-state index is 11.1. The van der Waals surface area contributed by atoms with Crippen LogP contribution in [0.3, 0.4) is 0 Å². The van der Waals surface area contributed by atoms with Crippen LogP contribution in [0.5, 0.6) is 11.5 Å². The van der Waals surface area contributed by atoms with Crippen molar-refractivity contribution in [1.29, 1.82) is 0 Å². The number of methoxy groups -OCH3 is 1. The summed E-state index contributed by atoms with van der Waals surface area (Å²) >= 11 is 0. The minimum absolute atomic E-state index is 0. The number of carbonyl (C=O) groups excluding carboxylic acids is 1. The van der Waals surface area contributed by atoms with Crippen molar-refractivity contribution in [2.24, 2.45) is 0 Å². The fraction of sp³-hybridized carbons (Fsp3) is 0.364. The third kappa shape index (κ3) is 4.93. The highest BCUT2D eigenvalue weighted by molar-refractivity contribution is 5.71. The first-order valence-electron chi connectivity index (χ1n) is 4.95. The molecule has 0 unspecified atom stereocenters. The number of hydrogen-bond donors (Lipinski definition) is 1. The molecule has 1 rings (SSSR count). The van der Waals surface area contributed by atoms with Crippen LogP contribution in [0.4, 0.5) is 5.69 Å². The monoisotopic (exact) mass is 261 g/mol. The van der Waals surface area contributed by atoms with E-state index in [2.05, 4.69) is 5.73 Å². The Morgan fingerprint density at radius 2 is 2.06 bits per heavy atom. The number of ether oxygens (including phenoxy) is 3. The van der Waals surface area contributed by atoms with Gasteiger partial charge in [0.2, 0.25) is 0 Å². The molecule has 0 saturated heterocycles. The van der Waals surface area contributed by atoms with Crippen molar-refractivity contribution in [2.75, 3.05) is 20.3 Å². The maximum absolute atomic E-state index is 11.1. The molecule has 0 aliphatic rings. The van der Waals surface area contributed by atoms with Crippen molar-refractivity contribution >= 4 is 11.7 Å². The Labute approximate surface area is 106 Å². The molecule has 6 heteroatoms. The minimum Gasteiger partial charge on any atom is -1.00 e. The van der Waals surface area contributed by atoms with Gasteiger partial charge in [-0.15, -0.1) is 0 Å². The van der Waals surface area contributed by atoms with Gasteiger partial charge in [-0.05, 0) is 13.0 Å². The van der Waals surface area contributed by atoms with Gasteiger partial charge in [0.25, 0.3) is 0 Å². The predicted octanol–water partition coefficient (Wildman–Crippen LogP) is -2.49. The Hall–Kier alpha value is -1.46. The number of hydrogen-bond acceptors (Lipinski definition) is 4. The summed E-state index contributed by atoms with van der Waals surface area (Å²) in [4.78, 5) is 11.1. The number of rotatable bonds is 5. The van der Waals surface area contributed by atoms with E-state index in [-0.39, 0.29) is 19.0 Å². The molecule has 1 aromatic rings. The van der Waals surface area contributed by atoms with Gasteiger partial charge in [0.05, 0.1) is 13.7 Å². The second-order valence-corrected chi connectivity index (χ2v) is 3.08. The molecule has 0 spiro atoms. The number of benzene rings is 1. The first-order valence-corrected chi connectivity index (χ1v) is 4.95. The predicted molar refractivity (Wildman–Crippen MR) is 57.7 cm³/mol. The summed E-state index contributed by atoms with van der Waals surface area (Å²) in [6.45, 7) is 1.97. The van der Waals surface area contributed by atoms with E-state index >= 15 is 0 Å². The van der Waals surface area contributed by atoms with Gasteiger partial charge in [0, 0.05) is 12.1 Å². The van der Waals surface area contributed by atoms with Gasteiger partial charge in [-0.2, -0.15) is 0 Å². The van der Waals surface area contributed by atoms with Crippen molar-refractivity contribution in [2.45, 2.75) is 6.92 Å². The molecule has 3 N–H and O–H groups in total. The highest BCUT2D eigenvalue weighted by Crippen LogP contribution is 2.28. The van der Waals surface area contributed by atoms with E-state index in [1.165, 1.54) is 7.11 Å². The normalized spacial score (nSPS) is 9.12. The molecule has 0 heterocycles. The van der Waals surface area contributed by atoms with Crippen LogP contribution in [0.15, 0.2) is 18.2 Å². The Bertz CT molecular complexity index is 370. The number of carbonyl (C=O) groups is 1. The Morgan fingerprint density at radius 1 is 1.35 bits per heavy atom. The van der Waals surface area contributed by atoms with Crippen LogP contribution in [-0.2, 0) is 9.53 Å². The molecule has 1 aromatic carbocycles. The molecule has 0 fully saturated rings. The number of quaternary nitrogens is 1. The lowest BCUT2D eigenvalue weighted by Crippen LogP contribution is -3.00. The van der Waals surface area contributed by atoms with Crippen LogP contribution in [0.1, 0.15) is 6.92 Å². The summed E-state index contributed by atoms with van der Waals surface area (Å²) in [6.07, 6.45) is 0. The largest absolute Gasteiger partial charge is 1.00 e. The quantitative estimate of drug-likeness (QED) is 0.596. The molecule has 0 radical (unpaired) electrons. The van der Waals surface area contributed by atoms with E-state index in [0.29, 0.717) is 18.1 Å². The highest BCUT2D eigenvalue weighted by atomic mass is 35.5. The zero-order chi connectivity index (χ0) is 12.0. The number of halogens is 1. The van der Waals surface area contributed by atoms with Crippen molar-refractivity contribution in [3.63, 3.8) is 0 Å². The molecular weight excluding hydrogens is 246 g/mol. The SMILES string of the molecule is CCOC(=O)COc1ccc([NH3+])cc1OC.[Cl-].